The van der Waals surface area contributed by atoms with E-state index in [9.17, 15) is 4.79 Å². The second-order valence-corrected chi connectivity index (χ2v) is 5.34. The van der Waals surface area contributed by atoms with Crippen molar-refractivity contribution in [1.82, 2.24) is 14.5 Å². The van der Waals surface area contributed by atoms with E-state index in [-0.39, 0.29) is 5.56 Å². The van der Waals surface area contributed by atoms with Crippen LogP contribution in [-0.4, -0.2) is 28.6 Å². The predicted octanol–water partition coefficient (Wildman–Crippen LogP) is 1.61. The zero-order valence-electron chi connectivity index (χ0n) is 10.3. The maximum atomic E-state index is 12.1. The number of hydrogen-bond donors (Lipinski definition) is 0. The lowest BCUT2D eigenvalue weighted by molar-refractivity contribution is 0.845. The Morgan fingerprint density at radius 2 is 2.11 bits per heavy atom. The molecular weight excluding hydrogens is 248 g/mol. The molecule has 3 aromatic rings. The summed E-state index contributed by atoms with van der Waals surface area (Å²) in [6.45, 7) is 0. The number of rotatable bonds is 1. The number of aromatic nitrogens is 3. The third kappa shape index (κ3) is 1.42. The van der Waals surface area contributed by atoms with Gasteiger partial charge in [0.15, 0.2) is 0 Å². The summed E-state index contributed by atoms with van der Waals surface area (Å²) in [5, 5.41) is 0.959. The van der Waals surface area contributed by atoms with Crippen molar-refractivity contribution < 1.29 is 0 Å². The van der Waals surface area contributed by atoms with Gasteiger partial charge in [-0.05, 0) is 6.07 Å². The summed E-state index contributed by atoms with van der Waals surface area (Å²) in [5.74, 6) is 0. The molecule has 3 heterocycles. The van der Waals surface area contributed by atoms with E-state index in [0.717, 1.165) is 21.4 Å². The van der Waals surface area contributed by atoms with Gasteiger partial charge in [-0.3, -0.25) is 4.79 Å². The number of pyridine rings is 1. The molecule has 0 saturated heterocycles. The monoisotopic (exact) mass is 260 g/mol. The lowest BCUT2D eigenvalue weighted by atomic mass is 10.2. The molecule has 18 heavy (non-hydrogen) atoms. The Morgan fingerprint density at radius 3 is 2.83 bits per heavy atom. The SMILES string of the molecule is CN(C)c1ccnc2sc3c(=O)n(C)cnc3c12. The molecule has 0 unspecified atom stereocenters. The van der Waals surface area contributed by atoms with Crippen molar-refractivity contribution in [3.05, 3.63) is 28.9 Å². The molecule has 0 atom stereocenters. The van der Waals surface area contributed by atoms with Gasteiger partial charge in [0.2, 0.25) is 0 Å². The van der Waals surface area contributed by atoms with Crippen molar-refractivity contribution in [3.8, 4) is 0 Å². The van der Waals surface area contributed by atoms with E-state index >= 15 is 0 Å². The van der Waals surface area contributed by atoms with Crippen LogP contribution in [0.3, 0.4) is 0 Å². The molecule has 0 spiro atoms. The van der Waals surface area contributed by atoms with Gasteiger partial charge < -0.3 is 9.47 Å². The van der Waals surface area contributed by atoms with E-state index in [4.69, 9.17) is 0 Å². The maximum absolute atomic E-state index is 12.1. The standard InChI is InChI=1S/C12H12N4OS/c1-15(2)7-4-5-13-11-8(7)9-10(18-11)12(17)16(3)6-14-9/h4-6H,1-3H3. The molecule has 0 aliphatic heterocycles. The van der Waals surface area contributed by atoms with Crippen molar-refractivity contribution in [3.63, 3.8) is 0 Å². The highest BCUT2D eigenvalue weighted by atomic mass is 32.1. The Kier molecular flexibility index (Phi) is 2.34. The Labute approximate surface area is 107 Å². The summed E-state index contributed by atoms with van der Waals surface area (Å²) < 4.78 is 2.16. The number of nitrogens with zero attached hydrogens (tertiary/aromatic N) is 4. The zero-order chi connectivity index (χ0) is 12.9. The predicted molar refractivity (Wildman–Crippen MR) is 74.5 cm³/mol. The van der Waals surface area contributed by atoms with Gasteiger partial charge in [-0.25, -0.2) is 9.97 Å². The molecular formula is C12H12N4OS. The minimum Gasteiger partial charge on any atom is -0.377 e. The second kappa shape index (κ2) is 3.78. The Hall–Kier alpha value is -1.95. The molecule has 0 bridgehead atoms. The minimum absolute atomic E-state index is 0.0206. The molecule has 0 amide bonds. The highest BCUT2D eigenvalue weighted by molar-refractivity contribution is 7.25. The van der Waals surface area contributed by atoms with Gasteiger partial charge in [-0.2, -0.15) is 0 Å². The second-order valence-electron chi connectivity index (χ2n) is 4.35. The van der Waals surface area contributed by atoms with Crippen LogP contribution in [0, 0.1) is 0 Å². The Morgan fingerprint density at radius 1 is 1.33 bits per heavy atom. The number of thiophene rings is 1. The van der Waals surface area contributed by atoms with Crippen LogP contribution in [0.25, 0.3) is 20.4 Å². The van der Waals surface area contributed by atoms with E-state index < -0.39 is 0 Å². The van der Waals surface area contributed by atoms with Gasteiger partial charge in [0.25, 0.3) is 5.56 Å². The van der Waals surface area contributed by atoms with Crippen LogP contribution in [-0.2, 0) is 7.05 Å². The average Bonchev–Trinajstić information content (AvgIpc) is 2.73. The van der Waals surface area contributed by atoms with Crippen LogP contribution in [0.1, 0.15) is 0 Å². The molecule has 92 valence electrons. The summed E-state index contributed by atoms with van der Waals surface area (Å²) in [7, 11) is 5.65. The molecule has 0 saturated carbocycles. The van der Waals surface area contributed by atoms with E-state index in [1.54, 1.807) is 19.6 Å². The van der Waals surface area contributed by atoms with E-state index in [1.165, 1.54) is 15.9 Å². The lowest BCUT2D eigenvalue weighted by Gasteiger charge is -2.13. The molecule has 0 N–H and O–H groups in total. The quantitative estimate of drug-likeness (QED) is 0.667. The molecule has 6 heteroatoms. The lowest BCUT2D eigenvalue weighted by Crippen LogP contribution is -2.15. The van der Waals surface area contributed by atoms with Gasteiger partial charge in [-0.15, -0.1) is 11.3 Å². The Balaban J connectivity index is 2.57. The summed E-state index contributed by atoms with van der Waals surface area (Å²) in [4.78, 5) is 23.6. The van der Waals surface area contributed by atoms with Crippen LogP contribution in [0.4, 0.5) is 5.69 Å². The fraction of sp³-hybridized carbons (Fsp3) is 0.250. The number of aryl methyl sites for hydroxylation is 1. The molecule has 0 aromatic carbocycles. The molecule has 0 fully saturated rings. The van der Waals surface area contributed by atoms with Crippen LogP contribution in [0.5, 0.6) is 0 Å². The molecule has 0 aliphatic carbocycles. The van der Waals surface area contributed by atoms with E-state index in [1.807, 2.05) is 25.1 Å². The zero-order valence-corrected chi connectivity index (χ0v) is 11.2. The fourth-order valence-electron chi connectivity index (χ4n) is 1.99. The smallest absolute Gasteiger partial charge is 0.271 e. The highest BCUT2D eigenvalue weighted by Gasteiger charge is 2.15. The van der Waals surface area contributed by atoms with Gasteiger partial charge in [0.1, 0.15) is 9.53 Å². The topological polar surface area (TPSA) is 51.0 Å². The molecule has 3 aromatic heterocycles. The third-order valence-electron chi connectivity index (χ3n) is 2.90. The van der Waals surface area contributed by atoms with Crippen molar-refractivity contribution in [2.24, 2.45) is 7.05 Å². The van der Waals surface area contributed by atoms with E-state index in [0.29, 0.717) is 4.70 Å². The first-order valence-corrected chi connectivity index (χ1v) is 6.31. The van der Waals surface area contributed by atoms with Gasteiger partial charge in [-0.1, -0.05) is 0 Å². The third-order valence-corrected chi connectivity index (χ3v) is 3.98. The van der Waals surface area contributed by atoms with Gasteiger partial charge in [0.05, 0.1) is 22.9 Å². The number of anilines is 1. The molecule has 5 nitrogen and oxygen atoms in total. The van der Waals surface area contributed by atoms with Crippen molar-refractivity contribution in [2.45, 2.75) is 0 Å². The maximum Gasteiger partial charge on any atom is 0.271 e. The normalized spacial score (nSPS) is 11.3. The van der Waals surface area contributed by atoms with Gasteiger partial charge >= 0.3 is 0 Å². The average molecular weight is 260 g/mol. The first kappa shape index (κ1) is 11.2. The highest BCUT2D eigenvalue weighted by Crippen LogP contribution is 2.34. The number of fused-ring (bicyclic) bond motifs is 3. The van der Waals surface area contributed by atoms with Crippen molar-refractivity contribution in [2.75, 3.05) is 19.0 Å². The molecule has 3 rings (SSSR count). The van der Waals surface area contributed by atoms with E-state index in [2.05, 4.69) is 9.97 Å². The molecule has 0 radical (unpaired) electrons. The van der Waals surface area contributed by atoms with Crippen LogP contribution in [0.2, 0.25) is 0 Å². The van der Waals surface area contributed by atoms with Crippen LogP contribution < -0.4 is 10.5 Å². The number of hydrogen-bond acceptors (Lipinski definition) is 5. The first-order valence-electron chi connectivity index (χ1n) is 5.50. The molecule has 0 aliphatic rings. The largest absolute Gasteiger partial charge is 0.377 e. The summed E-state index contributed by atoms with van der Waals surface area (Å²) in [5.41, 5.74) is 1.76. The van der Waals surface area contributed by atoms with Crippen molar-refractivity contribution in [1.29, 1.82) is 0 Å². The summed E-state index contributed by atoms with van der Waals surface area (Å²) in [6.07, 6.45) is 3.32. The minimum atomic E-state index is -0.0206. The first-order chi connectivity index (χ1) is 8.59. The van der Waals surface area contributed by atoms with Crippen LogP contribution >= 0.6 is 11.3 Å². The fourth-order valence-corrected chi connectivity index (χ4v) is 3.08. The summed E-state index contributed by atoms with van der Waals surface area (Å²) >= 11 is 1.40. The van der Waals surface area contributed by atoms with Crippen LogP contribution in [0.15, 0.2) is 23.4 Å². The summed E-state index contributed by atoms with van der Waals surface area (Å²) in [6, 6.07) is 1.94. The van der Waals surface area contributed by atoms with Crippen molar-refractivity contribution >= 4 is 37.5 Å². The Bertz CT molecular complexity index is 803. The van der Waals surface area contributed by atoms with Gasteiger partial charge in [0, 0.05) is 27.3 Å².